The molecule has 1 aromatic heterocycles. The van der Waals surface area contributed by atoms with Gasteiger partial charge in [0.25, 0.3) is 0 Å². The number of ether oxygens (including phenoxy) is 2. The molecular formula is C19H30N2O5S. The van der Waals surface area contributed by atoms with E-state index in [1.807, 2.05) is 20.8 Å². The van der Waals surface area contributed by atoms with Crippen molar-refractivity contribution in [2.75, 3.05) is 19.0 Å². The first-order valence-electron chi connectivity index (χ1n) is 9.15. The lowest BCUT2D eigenvalue weighted by atomic mass is 10.1. The molecule has 1 amide bonds. The lowest BCUT2D eigenvalue weighted by Crippen LogP contribution is -2.37. The molecule has 1 rings (SSSR count). The number of carbonyl (C=O) groups is 3. The van der Waals surface area contributed by atoms with E-state index in [0.29, 0.717) is 28.5 Å². The Morgan fingerprint density at radius 1 is 1.07 bits per heavy atom. The SMILES string of the molecule is CCOC(=O)c1[nH]c(CSCC(=O)N[C@@H](C)C(C)C)c(C(=O)OCC)c1C. The Bertz CT molecular complexity index is 669. The molecule has 0 fully saturated rings. The first kappa shape index (κ1) is 23.1. The Morgan fingerprint density at radius 3 is 2.22 bits per heavy atom. The number of H-pyrrole nitrogens is 1. The second-order valence-electron chi connectivity index (χ2n) is 6.51. The number of carbonyl (C=O) groups excluding carboxylic acids is 3. The molecular weight excluding hydrogens is 368 g/mol. The van der Waals surface area contributed by atoms with Crippen LogP contribution < -0.4 is 5.32 Å². The van der Waals surface area contributed by atoms with Crippen molar-refractivity contribution >= 4 is 29.6 Å². The zero-order chi connectivity index (χ0) is 20.6. The summed E-state index contributed by atoms with van der Waals surface area (Å²) in [6.45, 7) is 11.7. The van der Waals surface area contributed by atoms with E-state index in [1.54, 1.807) is 20.8 Å². The van der Waals surface area contributed by atoms with Gasteiger partial charge in [-0.05, 0) is 39.2 Å². The van der Waals surface area contributed by atoms with Crippen LogP contribution in [0.2, 0.25) is 0 Å². The van der Waals surface area contributed by atoms with Crippen molar-refractivity contribution < 1.29 is 23.9 Å². The maximum absolute atomic E-state index is 12.3. The van der Waals surface area contributed by atoms with E-state index in [4.69, 9.17) is 9.47 Å². The summed E-state index contributed by atoms with van der Waals surface area (Å²) >= 11 is 1.36. The molecule has 0 spiro atoms. The molecule has 152 valence electrons. The van der Waals surface area contributed by atoms with Crippen molar-refractivity contribution in [2.45, 2.75) is 53.3 Å². The maximum Gasteiger partial charge on any atom is 0.355 e. The van der Waals surface area contributed by atoms with Gasteiger partial charge in [0.15, 0.2) is 0 Å². The van der Waals surface area contributed by atoms with Crippen LogP contribution in [0.15, 0.2) is 0 Å². The molecule has 0 unspecified atom stereocenters. The fourth-order valence-electron chi connectivity index (χ4n) is 2.36. The van der Waals surface area contributed by atoms with E-state index in [2.05, 4.69) is 10.3 Å². The van der Waals surface area contributed by atoms with Gasteiger partial charge in [-0.2, -0.15) is 0 Å². The van der Waals surface area contributed by atoms with Crippen molar-refractivity contribution in [2.24, 2.45) is 5.92 Å². The highest BCUT2D eigenvalue weighted by Crippen LogP contribution is 2.24. The fourth-order valence-corrected chi connectivity index (χ4v) is 3.15. The summed E-state index contributed by atoms with van der Waals surface area (Å²) in [6.07, 6.45) is 0. The number of aromatic nitrogens is 1. The van der Waals surface area contributed by atoms with Crippen LogP contribution >= 0.6 is 11.8 Å². The van der Waals surface area contributed by atoms with Gasteiger partial charge >= 0.3 is 11.9 Å². The number of esters is 2. The summed E-state index contributed by atoms with van der Waals surface area (Å²) < 4.78 is 10.1. The second kappa shape index (κ2) is 11.0. The molecule has 1 aromatic rings. The van der Waals surface area contributed by atoms with E-state index >= 15 is 0 Å². The Hall–Kier alpha value is -1.96. The quantitative estimate of drug-likeness (QED) is 0.588. The van der Waals surface area contributed by atoms with Crippen LogP contribution in [0.4, 0.5) is 0 Å². The summed E-state index contributed by atoms with van der Waals surface area (Å²) in [7, 11) is 0. The van der Waals surface area contributed by atoms with Gasteiger partial charge in [0.1, 0.15) is 5.69 Å². The third kappa shape index (κ3) is 6.61. The van der Waals surface area contributed by atoms with Gasteiger partial charge in [-0.15, -0.1) is 11.8 Å². The lowest BCUT2D eigenvalue weighted by Gasteiger charge is -2.17. The molecule has 27 heavy (non-hydrogen) atoms. The maximum atomic E-state index is 12.3. The number of rotatable bonds is 10. The van der Waals surface area contributed by atoms with Gasteiger partial charge in [-0.25, -0.2) is 9.59 Å². The number of aromatic amines is 1. The van der Waals surface area contributed by atoms with Gasteiger partial charge < -0.3 is 19.8 Å². The highest BCUT2D eigenvalue weighted by Gasteiger charge is 2.25. The summed E-state index contributed by atoms with van der Waals surface area (Å²) in [6, 6.07) is 0.0938. The number of thioether (sulfide) groups is 1. The smallest absolute Gasteiger partial charge is 0.355 e. The van der Waals surface area contributed by atoms with E-state index in [9.17, 15) is 14.4 Å². The van der Waals surface area contributed by atoms with E-state index in [0.717, 1.165) is 0 Å². The first-order valence-corrected chi connectivity index (χ1v) is 10.3. The number of hydrogen-bond donors (Lipinski definition) is 2. The largest absolute Gasteiger partial charge is 0.462 e. The molecule has 2 N–H and O–H groups in total. The summed E-state index contributed by atoms with van der Waals surface area (Å²) in [5.41, 5.74) is 1.64. The highest BCUT2D eigenvalue weighted by molar-refractivity contribution is 7.99. The average Bonchev–Trinajstić information content (AvgIpc) is 2.91. The van der Waals surface area contributed by atoms with Crippen molar-refractivity contribution in [1.29, 1.82) is 0 Å². The topological polar surface area (TPSA) is 97.5 Å². The standard InChI is InChI=1S/C19H30N2O5S/c1-7-25-18(23)16-12(5)17(19(24)26-8-2)21-14(16)9-27-10-15(22)20-13(6)11(3)4/h11,13,21H,7-10H2,1-6H3,(H,20,22)/t13-/m0/s1. The summed E-state index contributed by atoms with van der Waals surface area (Å²) in [5, 5.41) is 2.94. The molecule has 0 aliphatic rings. The molecule has 1 heterocycles. The van der Waals surface area contributed by atoms with Gasteiger partial charge in [-0.3, -0.25) is 4.79 Å². The van der Waals surface area contributed by atoms with Gasteiger partial charge in [-0.1, -0.05) is 13.8 Å². The minimum atomic E-state index is -0.514. The molecule has 0 aromatic carbocycles. The third-order valence-corrected chi connectivity index (χ3v) is 5.11. The van der Waals surface area contributed by atoms with Crippen LogP contribution in [0.1, 0.15) is 66.7 Å². The normalized spacial score (nSPS) is 12.0. The van der Waals surface area contributed by atoms with E-state index in [1.165, 1.54) is 11.8 Å². The molecule has 0 saturated heterocycles. The van der Waals surface area contributed by atoms with Crippen molar-refractivity contribution in [3.63, 3.8) is 0 Å². The molecule has 0 saturated carbocycles. The molecule has 0 aliphatic heterocycles. The number of nitrogens with one attached hydrogen (secondary N) is 2. The van der Waals surface area contributed by atoms with Crippen molar-refractivity contribution in [1.82, 2.24) is 10.3 Å². The van der Waals surface area contributed by atoms with Crippen molar-refractivity contribution in [3.05, 3.63) is 22.5 Å². The van der Waals surface area contributed by atoms with Gasteiger partial charge in [0.05, 0.1) is 24.5 Å². The van der Waals surface area contributed by atoms with Crippen molar-refractivity contribution in [3.8, 4) is 0 Å². The number of amides is 1. The minimum Gasteiger partial charge on any atom is -0.462 e. The second-order valence-corrected chi connectivity index (χ2v) is 7.50. The predicted octanol–water partition coefficient (Wildman–Crippen LogP) is 3.07. The Labute approximate surface area is 164 Å². The molecule has 7 nitrogen and oxygen atoms in total. The van der Waals surface area contributed by atoms with Crippen LogP contribution in [0.3, 0.4) is 0 Å². The summed E-state index contributed by atoms with van der Waals surface area (Å²) in [4.78, 5) is 39.4. The molecule has 1 atom stereocenters. The molecule has 0 bridgehead atoms. The highest BCUT2D eigenvalue weighted by atomic mass is 32.2. The first-order chi connectivity index (χ1) is 12.7. The fraction of sp³-hybridized carbons (Fsp3) is 0.632. The van der Waals surface area contributed by atoms with E-state index < -0.39 is 11.9 Å². The Balaban J connectivity index is 2.88. The van der Waals surface area contributed by atoms with Crippen LogP contribution in [-0.2, 0) is 20.0 Å². The van der Waals surface area contributed by atoms with E-state index in [-0.39, 0.29) is 36.6 Å². The third-order valence-electron chi connectivity index (χ3n) is 4.15. The van der Waals surface area contributed by atoms with Crippen LogP contribution in [0.25, 0.3) is 0 Å². The Kier molecular flexibility index (Phi) is 9.41. The lowest BCUT2D eigenvalue weighted by molar-refractivity contribution is -0.119. The molecule has 8 heteroatoms. The molecule has 0 radical (unpaired) electrons. The zero-order valence-electron chi connectivity index (χ0n) is 16.9. The summed E-state index contributed by atoms with van der Waals surface area (Å²) in [5.74, 6) is -0.0831. The predicted molar refractivity (Wildman–Crippen MR) is 106 cm³/mol. The minimum absolute atomic E-state index is 0.0622. The Morgan fingerprint density at radius 2 is 1.67 bits per heavy atom. The van der Waals surface area contributed by atoms with Crippen LogP contribution in [0.5, 0.6) is 0 Å². The average molecular weight is 399 g/mol. The molecule has 0 aliphatic carbocycles. The monoisotopic (exact) mass is 398 g/mol. The number of hydrogen-bond acceptors (Lipinski definition) is 6. The van der Waals surface area contributed by atoms with Gasteiger partial charge in [0.2, 0.25) is 5.91 Å². The van der Waals surface area contributed by atoms with Crippen LogP contribution in [-0.4, -0.2) is 47.8 Å². The van der Waals surface area contributed by atoms with Gasteiger partial charge in [0, 0.05) is 17.5 Å². The van der Waals surface area contributed by atoms with Crippen LogP contribution in [0, 0.1) is 12.8 Å². The zero-order valence-corrected chi connectivity index (χ0v) is 17.7.